The molecule has 4 nitrogen and oxygen atoms in total. The van der Waals surface area contributed by atoms with Gasteiger partial charge in [0.05, 0.1) is 5.69 Å². The zero-order valence-electron chi connectivity index (χ0n) is 13.0. The number of hydrogen-bond acceptors (Lipinski definition) is 4. The minimum absolute atomic E-state index is 0.242. The number of benzene rings is 1. The van der Waals surface area contributed by atoms with Gasteiger partial charge in [-0.1, -0.05) is 0 Å². The van der Waals surface area contributed by atoms with Gasteiger partial charge in [-0.05, 0) is 69.3 Å². The van der Waals surface area contributed by atoms with Gasteiger partial charge in [0.1, 0.15) is 11.6 Å². The van der Waals surface area contributed by atoms with E-state index in [-0.39, 0.29) is 5.82 Å². The van der Waals surface area contributed by atoms with Gasteiger partial charge < -0.3 is 10.2 Å². The Bertz CT molecular complexity index is 642. The second-order valence-electron chi connectivity index (χ2n) is 6.01. The van der Waals surface area contributed by atoms with Crippen molar-refractivity contribution in [2.45, 2.75) is 25.8 Å². The van der Waals surface area contributed by atoms with Gasteiger partial charge in [0.25, 0.3) is 0 Å². The Kier molecular flexibility index (Phi) is 4.34. The number of aryl methyl sites for hydroxylation is 1. The molecule has 1 aromatic heterocycles. The molecule has 1 saturated heterocycles. The second kappa shape index (κ2) is 6.40. The molecule has 0 unspecified atom stereocenters. The molecule has 0 aliphatic carbocycles. The first kappa shape index (κ1) is 14.9. The average molecular weight is 300 g/mol. The minimum Gasteiger partial charge on any atom is -0.365 e. The van der Waals surface area contributed by atoms with Gasteiger partial charge in [-0.2, -0.15) is 0 Å². The standard InChI is InChI=1S/C17H21FN4/c1-12-10-16(19-15-4-3-9-22(2)11-15)20-21-17(12)13-5-7-14(18)8-6-13/h5-8,10,15H,3-4,9,11H2,1-2H3,(H,19,20)/t15-/m1/s1. The highest BCUT2D eigenvalue weighted by Gasteiger charge is 2.17. The van der Waals surface area contributed by atoms with Crippen molar-refractivity contribution < 1.29 is 4.39 Å². The molecule has 1 fully saturated rings. The lowest BCUT2D eigenvalue weighted by atomic mass is 10.1. The van der Waals surface area contributed by atoms with Crippen molar-refractivity contribution in [3.05, 3.63) is 41.7 Å². The Labute approximate surface area is 130 Å². The molecule has 0 bridgehead atoms. The van der Waals surface area contributed by atoms with Crippen LogP contribution in [0.3, 0.4) is 0 Å². The van der Waals surface area contributed by atoms with Gasteiger partial charge in [-0.25, -0.2) is 4.39 Å². The number of piperidine rings is 1. The van der Waals surface area contributed by atoms with Crippen molar-refractivity contribution in [3.8, 4) is 11.3 Å². The number of halogens is 1. The molecular weight excluding hydrogens is 279 g/mol. The van der Waals surface area contributed by atoms with Gasteiger partial charge >= 0.3 is 0 Å². The fourth-order valence-electron chi connectivity index (χ4n) is 2.94. The third kappa shape index (κ3) is 3.42. The van der Waals surface area contributed by atoms with Gasteiger partial charge in [-0.3, -0.25) is 0 Å². The van der Waals surface area contributed by atoms with Gasteiger partial charge in [-0.15, -0.1) is 10.2 Å². The highest BCUT2D eigenvalue weighted by Crippen LogP contribution is 2.23. The monoisotopic (exact) mass is 300 g/mol. The largest absolute Gasteiger partial charge is 0.365 e. The van der Waals surface area contributed by atoms with Crippen LogP contribution in [-0.2, 0) is 0 Å². The molecule has 1 aliphatic rings. The SMILES string of the molecule is Cc1cc(N[C@@H]2CCCN(C)C2)nnc1-c1ccc(F)cc1. The van der Waals surface area contributed by atoms with Crippen LogP contribution in [0.5, 0.6) is 0 Å². The lowest BCUT2D eigenvalue weighted by molar-refractivity contribution is 0.260. The van der Waals surface area contributed by atoms with E-state index in [4.69, 9.17) is 0 Å². The van der Waals surface area contributed by atoms with Crippen LogP contribution in [0.2, 0.25) is 0 Å². The van der Waals surface area contributed by atoms with Crippen molar-refractivity contribution >= 4 is 5.82 Å². The van der Waals surface area contributed by atoms with E-state index in [1.54, 1.807) is 12.1 Å². The summed E-state index contributed by atoms with van der Waals surface area (Å²) < 4.78 is 13.0. The first-order chi connectivity index (χ1) is 10.6. The predicted octanol–water partition coefficient (Wildman–Crippen LogP) is 3.10. The normalized spacial score (nSPS) is 19.1. The maximum absolute atomic E-state index is 13.0. The van der Waals surface area contributed by atoms with Gasteiger partial charge in [0, 0.05) is 18.2 Å². The zero-order valence-corrected chi connectivity index (χ0v) is 13.0. The Morgan fingerprint density at radius 1 is 1.23 bits per heavy atom. The summed E-state index contributed by atoms with van der Waals surface area (Å²) in [5.74, 6) is 0.567. The summed E-state index contributed by atoms with van der Waals surface area (Å²) in [5, 5.41) is 12.1. The number of anilines is 1. The Hall–Kier alpha value is -2.01. The molecule has 5 heteroatoms. The molecule has 1 N–H and O–H groups in total. The quantitative estimate of drug-likeness (QED) is 0.945. The van der Waals surface area contributed by atoms with Crippen molar-refractivity contribution in [2.75, 3.05) is 25.5 Å². The lowest BCUT2D eigenvalue weighted by Gasteiger charge is -2.30. The molecule has 0 spiro atoms. The highest BCUT2D eigenvalue weighted by atomic mass is 19.1. The summed E-state index contributed by atoms with van der Waals surface area (Å²) in [4.78, 5) is 2.33. The number of rotatable bonds is 3. The predicted molar refractivity (Wildman–Crippen MR) is 86.3 cm³/mol. The molecule has 1 aliphatic heterocycles. The van der Waals surface area contributed by atoms with Crippen LogP contribution < -0.4 is 5.32 Å². The van der Waals surface area contributed by atoms with E-state index >= 15 is 0 Å². The maximum atomic E-state index is 13.0. The number of nitrogens with zero attached hydrogens (tertiary/aromatic N) is 3. The molecule has 116 valence electrons. The highest BCUT2D eigenvalue weighted by molar-refractivity contribution is 5.63. The fraction of sp³-hybridized carbons (Fsp3) is 0.412. The third-order valence-electron chi connectivity index (χ3n) is 4.08. The summed E-state index contributed by atoms with van der Waals surface area (Å²) >= 11 is 0. The van der Waals surface area contributed by atoms with Crippen molar-refractivity contribution in [3.63, 3.8) is 0 Å². The first-order valence-corrected chi connectivity index (χ1v) is 7.67. The van der Waals surface area contributed by atoms with Crippen molar-refractivity contribution in [2.24, 2.45) is 0 Å². The molecule has 1 aromatic carbocycles. The molecule has 0 saturated carbocycles. The Balaban J connectivity index is 1.75. The van der Waals surface area contributed by atoms with Gasteiger partial charge in [0.2, 0.25) is 0 Å². The topological polar surface area (TPSA) is 41.0 Å². The summed E-state index contributed by atoms with van der Waals surface area (Å²) in [5.41, 5.74) is 2.72. The second-order valence-corrected chi connectivity index (χ2v) is 6.01. The molecule has 2 heterocycles. The average Bonchev–Trinajstić information content (AvgIpc) is 2.49. The maximum Gasteiger partial charge on any atom is 0.149 e. The molecular formula is C17H21FN4. The van der Waals surface area contributed by atoms with Crippen molar-refractivity contribution in [1.82, 2.24) is 15.1 Å². The summed E-state index contributed by atoms with van der Waals surface area (Å²) in [6.45, 7) is 4.19. The minimum atomic E-state index is -0.242. The van der Waals surface area contributed by atoms with Crippen LogP contribution in [0.1, 0.15) is 18.4 Å². The van der Waals surface area contributed by atoms with Crippen LogP contribution >= 0.6 is 0 Å². The van der Waals surface area contributed by atoms with E-state index in [1.165, 1.54) is 18.6 Å². The summed E-state index contributed by atoms with van der Waals surface area (Å²) in [7, 11) is 2.14. The fourth-order valence-corrected chi connectivity index (χ4v) is 2.94. The van der Waals surface area contributed by atoms with E-state index < -0.39 is 0 Å². The van der Waals surface area contributed by atoms with E-state index in [1.807, 2.05) is 13.0 Å². The Morgan fingerprint density at radius 2 is 2.00 bits per heavy atom. The summed E-state index contributed by atoms with van der Waals surface area (Å²) in [6.07, 6.45) is 2.36. The van der Waals surface area contributed by atoms with Crippen LogP contribution in [-0.4, -0.2) is 41.3 Å². The number of likely N-dealkylation sites (tertiary alicyclic amines) is 1. The smallest absolute Gasteiger partial charge is 0.149 e. The van der Waals surface area contributed by atoms with Crippen LogP contribution in [0.25, 0.3) is 11.3 Å². The molecule has 22 heavy (non-hydrogen) atoms. The van der Waals surface area contributed by atoms with Gasteiger partial charge in [0.15, 0.2) is 0 Å². The van der Waals surface area contributed by atoms with E-state index in [0.717, 1.165) is 42.1 Å². The van der Waals surface area contributed by atoms with E-state index in [2.05, 4.69) is 27.5 Å². The lowest BCUT2D eigenvalue weighted by Crippen LogP contribution is -2.39. The van der Waals surface area contributed by atoms with Crippen LogP contribution in [0.4, 0.5) is 10.2 Å². The third-order valence-corrected chi connectivity index (χ3v) is 4.08. The van der Waals surface area contributed by atoms with Crippen LogP contribution in [0.15, 0.2) is 30.3 Å². The Morgan fingerprint density at radius 3 is 2.68 bits per heavy atom. The molecule has 1 atom stereocenters. The molecule has 3 rings (SSSR count). The molecule has 2 aromatic rings. The number of likely N-dealkylation sites (N-methyl/N-ethyl adjacent to an activating group) is 1. The number of nitrogens with one attached hydrogen (secondary N) is 1. The van der Waals surface area contributed by atoms with E-state index in [9.17, 15) is 4.39 Å². The molecule has 0 radical (unpaired) electrons. The van der Waals surface area contributed by atoms with Crippen molar-refractivity contribution in [1.29, 1.82) is 0 Å². The van der Waals surface area contributed by atoms with Crippen LogP contribution in [0, 0.1) is 12.7 Å². The number of aromatic nitrogens is 2. The molecule has 0 amide bonds. The summed E-state index contributed by atoms with van der Waals surface area (Å²) in [6, 6.07) is 8.79. The zero-order chi connectivity index (χ0) is 15.5. The van der Waals surface area contributed by atoms with E-state index in [0.29, 0.717) is 6.04 Å². The first-order valence-electron chi connectivity index (χ1n) is 7.67. The number of hydrogen-bond donors (Lipinski definition) is 1.